The topological polar surface area (TPSA) is 93.7 Å². The first-order valence-corrected chi connectivity index (χ1v) is 11.4. The Hall–Kier alpha value is -2.87. The maximum Gasteiger partial charge on any atom is 0.408 e. The maximum absolute atomic E-state index is 13.0. The molecule has 178 valence electrons. The fraction of sp³-hybridized carbons (Fsp3) is 0.400. The number of ether oxygens (including phenoxy) is 2. The van der Waals surface area contributed by atoms with Gasteiger partial charge in [-0.05, 0) is 83.5 Å². The molecule has 0 bridgehead atoms. The van der Waals surface area contributed by atoms with E-state index in [-0.39, 0.29) is 6.42 Å². The van der Waals surface area contributed by atoms with Gasteiger partial charge in [-0.1, -0.05) is 28.1 Å². The first-order chi connectivity index (χ1) is 15.2. The molecule has 0 heterocycles. The Balaban J connectivity index is 2.14. The maximum atomic E-state index is 13.0. The van der Waals surface area contributed by atoms with Gasteiger partial charge in [-0.3, -0.25) is 4.79 Å². The second-order valence-electron chi connectivity index (χ2n) is 9.60. The predicted molar refractivity (Wildman–Crippen MR) is 131 cm³/mol. The quantitative estimate of drug-likeness (QED) is 0.493. The molecule has 1 unspecified atom stereocenters. The van der Waals surface area contributed by atoms with Crippen LogP contribution in [0.25, 0.3) is 0 Å². The molecule has 0 aliphatic rings. The van der Waals surface area contributed by atoms with Crippen LogP contribution in [-0.4, -0.2) is 35.2 Å². The minimum atomic E-state index is -0.875. The van der Waals surface area contributed by atoms with Gasteiger partial charge in [0.1, 0.15) is 17.2 Å². The lowest BCUT2D eigenvalue weighted by molar-refractivity contribution is -0.118. The highest BCUT2D eigenvalue weighted by molar-refractivity contribution is 9.10. The standard InChI is InChI=1S/C25H31BrN2O5/c1-24(2,3)32-22(30)17-10-12-19(13-11-17)27-21(29)20(28-23(31)33-25(4,5)6)15-16-8-7-9-18(26)14-16/h7-14,20H,15H2,1-6H3,(H,27,29)(H,28,31). The number of anilines is 1. The zero-order valence-corrected chi connectivity index (χ0v) is 21.4. The van der Waals surface area contributed by atoms with Gasteiger partial charge in [-0.15, -0.1) is 0 Å². The predicted octanol–water partition coefficient (Wildman–Crippen LogP) is 5.48. The summed E-state index contributed by atoms with van der Waals surface area (Å²) in [5.74, 6) is -0.856. The van der Waals surface area contributed by atoms with Gasteiger partial charge in [-0.2, -0.15) is 0 Å². The molecule has 33 heavy (non-hydrogen) atoms. The van der Waals surface area contributed by atoms with E-state index in [0.717, 1.165) is 10.0 Å². The summed E-state index contributed by atoms with van der Waals surface area (Å²) < 4.78 is 11.5. The summed E-state index contributed by atoms with van der Waals surface area (Å²) in [5.41, 5.74) is 0.425. The third-order valence-corrected chi connectivity index (χ3v) is 4.62. The molecule has 2 N–H and O–H groups in total. The molecule has 2 aromatic rings. The van der Waals surface area contributed by atoms with Crippen molar-refractivity contribution in [3.63, 3.8) is 0 Å². The number of nitrogens with one attached hydrogen (secondary N) is 2. The lowest BCUT2D eigenvalue weighted by Crippen LogP contribution is -2.47. The lowest BCUT2D eigenvalue weighted by Gasteiger charge is -2.23. The Morgan fingerprint density at radius 1 is 0.909 bits per heavy atom. The van der Waals surface area contributed by atoms with Gasteiger partial charge in [0.05, 0.1) is 5.56 Å². The van der Waals surface area contributed by atoms with Crippen LogP contribution in [-0.2, 0) is 20.7 Å². The Kier molecular flexibility index (Phi) is 8.66. The van der Waals surface area contributed by atoms with Gasteiger partial charge in [-0.25, -0.2) is 9.59 Å². The van der Waals surface area contributed by atoms with Gasteiger partial charge in [0.2, 0.25) is 5.91 Å². The van der Waals surface area contributed by atoms with Crippen molar-refractivity contribution < 1.29 is 23.9 Å². The van der Waals surface area contributed by atoms with E-state index < -0.39 is 35.2 Å². The number of benzene rings is 2. The average molecular weight is 519 g/mol. The van der Waals surface area contributed by atoms with E-state index in [0.29, 0.717) is 11.3 Å². The van der Waals surface area contributed by atoms with Crippen LogP contribution in [0.4, 0.5) is 10.5 Å². The molecule has 7 nitrogen and oxygen atoms in total. The van der Waals surface area contributed by atoms with E-state index in [1.165, 1.54) is 0 Å². The zero-order chi connectivity index (χ0) is 24.8. The largest absolute Gasteiger partial charge is 0.456 e. The highest BCUT2D eigenvalue weighted by Crippen LogP contribution is 2.17. The molecule has 0 saturated heterocycles. The number of halogens is 1. The number of esters is 1. The molecule has 1 atom stereocenters. The molecule has 0 fully saturated rings. The Bertz CT molecular complexity index is 991. The normalized spacial score (nSPS) is 12.5. The van der Waals surface area contributed by atoms with Crippen LogP contribution in [0.5, 0.6) is 0 Å². The summed E-state index contributed by atoms with van der Waals surface area (Å²) in [6, 6.07) is 13.0. The second kappa shape index (κ2) is 10.8. The Morgan fingerprint density at radius 3 is 2.06 bits per heavy atom. The van der Waals surface area contributed by atoms with Crippen molar-refractivity contribution >= 4 is 39.6 Å². The summed E-state index contributed by atoms with van der Waals surface area (Å²) in [4.78, 5) is 37.6. The Labute approximate surface area is 203 Å². The fourth-order valence-electron chi connectivity index (χ4n) is 2.81. The van der Waals surface area contributed by atoms with Gasteiger partial charge < -0.3 is 20.1 Å². The van der Waals surface area contributed by atoms with Crippen LogP contribution in [0.15, 0.2) is 53.0 Å². The first kappa shape index (κ1) is 26.4. The molecule has 2 aromatic carbocycles. The molecule has 0 aliphatic heterocycles. The van der Waals surface area contributed by atoms with Crippen molar-refractivity contribution in [1.82, 2.24) is 5.32 Å². The highest BCUT2D eigenvalue weighted by atomic mass is 79.9. The summed E-state index contributed by atoms with van der Waals surface area (Å²) >= 11 is 3.42. The van der Waals surface area contributed by atoms with Crippen molar-refractivity contribution in [2.24, 2.45) is 0 Å². The summed E-state index contributed by atoms with van der Waals surface area (Å²) in [7, 11) is 0. The molecular formula is C25H31BrN2O5. The van der Waals surface area contributed by atoms with Gasteiger partial charge in [0, 0.05) is 16.6 Å². The van der Waals surface area contributed by atoms with E-state index in [1.807, 2.05) is 24.3 Å². The van der Waals surface area contributed by atoms with Crippen molar-refractivity contribution in [2.45, 2.75) is 65.2 Å². The van der Waals surface area contributed by atoms with Gasteiger partial charge in [0.15, 0.2) is 0 Å². The molecule has 0 aliphatic carbocycles. The number of amides is 2. The molecule has 2 rings (SSSR count). The monoisotopic (exact) mass is 518 g/mol. The summed E-state index contributed by atoms with van der Waals surface area (Å²) in [5, 5.41) is 5.44. The second-order valence-corrected chi connectivity index (χ2v) is 10.5. The molecular weight excluding hydrogens is 488 g/mol. The molecule has 0 spiro atoms. The zero-order valence-electron chi connectivity index (χ0n) is 19.8. The number of carbonyl (C=O) groups excluding carboxylic acids is 3. The van der Waals surface area contributed by atoms with E-state index in [4.69, 9.17) is 9.47 Å². The summed E-state index contributed by atoms with van der Waals surface area (Å²) in [6.45, 7) is 10.6. The number of alkyl carbamates (subject to hydrolysis) is 1. The van der Waals surface area contributed by atoms with Crippen LogP contribution in [0.3, 0.4) is 0 Å². The molecule has 2 amide bonds. The van der Waals surface area contributed by atoms with E-state index >= 15 is 0 Å². The third-order valence-electron chi connectivity index (χ3n) is 4.12. The van der Waals surface area contributed by atoms with Crippen LogP contribution >= 0.6 is 15.9 Å². The van der Waals surface area contributed by atoms with Crippen molar-refractivity contribution in [3.8, 4) is 0 Å². The van der Waals surface area contributed by atoms with Crippen molar-refractivity contribution in [2.75, 3.05) is 5.32 Å². The lowest BCUT2D eigenvalue weighted by atomic mass is 10.1. The summed E-state index contributed by atoms with van der Waals surface area (Å²) in [6.07, 6.45) is -0.418. The van der Waals surface area contributed by atoms with Gasteiger partial charge >= 0.3 is 12.1 Å². The van der Waals surface area contributed by atoms with Gasteiger partial charge in [0.25, 0.3) is 0 Å². The number of rotatable bonds is 6. The smallest absolute Gasteiger partial charge is 0.408 e. The average Bonchev–Trinajstić information content (AvgIpc) is 2.65. The highest BCUT2D eigenvalue weighted by Gasteiger charge is 2.25. The molecule has 0 saturated carbocycles. The van der Waals surface area contributed by atoms with Crippen LogP contribution in [0.1, 0.15) is 57.5 Å². The number of hydrogen-bond acceptors (Lipinski definition) is 5. The van der Waals surface area contributed by atoms with Crippen molar-refractivity contribution in [3.05, 3.63) is 64.1 Å². The van der Waals surface area contributed by atoms with Crippen LogP contribution in [0, 0.1) is 0 Å². The van der Waals surface area contributed by atoms with Crippen LogP contribution in [0.2, 0.25) is 0 Å². The number of hydrogen-bond donors (Lipinski definition) is 2. The van der Waals surface area contributed by atoms with E-state index in [2.05, 4.69) is 26.6 Å². The minimum absolute atomic E-state index is 0.264. The fourth-order valence-corrected chi connectivity index (χ4v) is 3.26. The SMILES string of the molecule is CC(C)(C)OC(=O)NC(Cc1cccc(Br)c1)C(=O)Nc1ccc(C(=O)OC(C)(C)C)cc1. The van der Waals surface area contributed by atoms with E-state index in [1.54, 1.807) is 65.8 Å². The van der Waals surface area contributed by atoms with E-state index in [9.17, 15) is 14.4 Å². The van der Waals surface area contributed by atoms with Crippen molar-refractivity contribution in [1.29, 1.82) is 0 Å². The molecule has 8 heteroatoms. The molecule has 0 aromatic heterocycles. The first-order valence-electron chi connectivity index (χ1n) is 10.6. The molecule has 0 radical (unpaired) electrons. The minimum Gasteiger partial charge on any atom is -0.456 e. The van der Waals surface area contributed by atoms with Crippen LogP contribution < -0.4 is 10.6 Å². The number of carbonyl (C=O) groups is 3. The third kappa shape index (κ3) is 9.65. The Morgan fingerprint density at radius 2 is 1.52 bits per heavy atom.